The first-order valence-electron chi connectivity index (χ1n) is 6.47. The van der Waals surface area contributed by atoms with Gasteiger partial charge < -0.3 is 20.7 Å². The van der Waals surface area contributed by atoms with Crippen molar-refractivity contribution >= 4 is 6.09 Å². The van der Waals surface area contributed by atoms with Gasteiger partial charge in [0, 0.05) is 12.6 Å². The molecule has 1 rings (SSSR count). The van der Waals surface area contributed by atoms with E-state index in [1.54, 1.807) is 20.8 Å². The molecule has 1 amide bonds. The minimum Gasteiger partial charge on any atom is -0.444 e. The molecule has 0 aromatic carbocycles. The fourth-order valence-corrected chi connectivity index (χ4v) is 1.70. The molecule has 19 heavy (non-hydrogen) atoms. The summed E-state index contributed by atoms with van der Waals surface area (Å²) in [5.41, 5.74) is -0.687. The Labute approximate surface area is 112 Å². The molecule has 0 aliphatic carbocycles. The summed E-state index contributed by atoms with van der Waals surface area (Å²) in [6, 6.07) is 0.0763. The van der Waals surface area contributed by atoms with Gasteiger partial charge in [-0.1, -0.05) is 0 Å². The fourth-order valence-electron chi connectivity index (χ4n) is 1.70. The van der Waals surface area contributed by atoms with Crippen LogP contribution in [-0.4, -0.2) is 49.8 Å². The molecule has 1 aliphatic heterocycles. The smallest absolute Gasteiger partial charge is 0.407 e. The number of ether oxygens (including phenoxy) is 1. The second-order valence-corrected chi connectivity index (χ2v) is 5.78. The summed E-state index contributed by atoms with van der Waals surface area (Å²) in [5, 5.41) is 7.96. The lowest BCUT2D eigenvalue weighted by Crippen LogP contribution is -2.47. The molecular formula is C12H23F2N3O2. The first-order valence-corrected chi connectivity index (χ1v) is 6.47. The third-order valence-electron chi connectivity index (χ3n) is 2.60. The predicted octanol–water partition coefficient (Wildman–Crippen LogP) is 1.10. The van der Waals surface area contributed by atoms with Crippen molar-refractivity contribution in [2.45, 2.75) is 44.8 Å². The van der Waals surface area contributed by atoms with Crippen LogP contribution in [0.1, 0.15) is 27.2 Å². The Morgan fingerprint density at radius 2 is 2.05 bits per heavy atom. The van der Waals surface area contributed by atoms with E-state index < -0.39 is 30.7 Å². The van der Waals surface area contributed by atoms with Gasteiger partial charge >= 0.3 is 6.09 Å². The molecule has 0 bridgehead atoms. The Hall–Kier alpha value is -0.950. The van der Waals surface area contributed by atoms with Gasteiger partial charge in [0.2, 0.25) is 0 Å². The second kappa shape index (κ2) is 6.47. The van der Waals surface area contributed by atoms with Crippen molar-refractivity contribution in [3.63, 3.8) is 0 Å². The predicted molar refractivity (Wildman–Crippen MR) is 68.5 cm³/mol. The summed E-state index contributed by atoms with van der Waals surface area (Å²) in [4.78, 5) is 11.3. The monoisotopic (exact) mass is 279 g/mol. The number of hydrogen-bond donors (Lipinski definition) is 3. The van der Waals surface area contributed by atoms with Crippen LogP contribution in [0.2, 0.25) is 0 Å². The van der Waals surface area contributed by atoms with Crippen molar-refractivity contribution in [1.29, 1.82) is 0 Å². The van der Waals surface area contributed by atoms with E-state index in [1.807, 2.05) is 0 Å². The van der Waals surface area contributed by atoms with Gasteiger partial charge in [0.1, 0.15) is 5.60 Å². The van der Waals surface area contributed by atoms with Gasteiger partial charge in [-0.3, -0.25) is 0 Å². The number of alkyl carbamates (subject to hydrolysis) is 1. The van der Waals surface area contributed by atoms with Crippen molar-refractivity contribution in [2.24, 2.45) is 0 Å². The highest BCUT2D eigenvalue weighted by atomic mass is 19.3. The summed E-state index contributed by atoms with van der Waals surface area (Å²) in [6.07, 6.45) is 0.0185. The topological polar surface area (TPSA) is 62.4 Å². The maximum atomic E-state index is 13.5. The van der Waals surface area contributed by atoms with Gasteiger partial charge in [-0.15, -0.1) is 0 Å². The second-order valence-electron chi connectivity index (χ2n) is 5.78. The Morgan fingerprint density at radius 1 is 1.37 bits per heavy atom. The van der Waals surface area contributed by atoms with E-state index in [9.17, 15) is 13.6 Å². The Kier molecular flexibility index (Phi) is 5.49. The minimum absolute atomic E-state index is 0.0763. The van der Waals surface area contributed by atoms with E-state index in [-0.39, 0.29) is 6.04 Å². The highest BCUT2D eigenvalue weighted by Crippen LogP contribution is 2.12. The van der Waals surface area contributed by atoms with Crippen molar-refractivity contribution < 1.29 is 18.3 Å². The number of hydrogen-bond acceptors (Lipinski definition) is 4. The van der Waals surface area contributed by atoms with Crippen LogP contribution < -0.4 is 16.0 Å². The summed E-state index contributed by atoms with van der Waals surface area (Å²) in [6.45, 7) is 5.41. The summed E-state index contributed by atoms with van der Waals surface area (Å²) >= 11 is 0. The van der Waals surface area contributed by atoms with Crippen LogP contribution in [0, 0.1) is 0 Å². The number of nitrogens with one attached hydrogen (secondary N) is 3. The van der Waals surface area contributed by atoms with E-state index in [0.29, 0.717) is 6.54 Å². The van der Waals surface area contributed by atoms with E-state index in [2.05, 4.69) is 16.0 Å². The molecule has 1 fully saturated rings. The maximum absolute atomic E-state index is 13.5. The third-order valence-corrected chi connectivity index (χ3v) is 2.60. The molecule has 0 radical (unpaired) electrons. The number of alkyl halides is 2. The van der Waals surface area contributed by atoms with Crippen molar-refractivity contribution in [1.82, 2.24) is 16.0 Å². The van der Waals surface area contributed by atoms with Gasteiger partial charge in [-0.05, 0) is 33.7 Å². The molecule has 0 spiro atoms. The number of halogens is 2. The van der Waals surface area contributed by atoms with Crippen LogP contribution >= 0.6 is 0 Å². The molecule has 1 saturated heterocycles. The first-order chi connectivity index (χ1) is 8.68. The van der Waals surface area contributed by atoms with Crippen LogP contribution in [0.15, 0.2) is 0 Å². The molecule has 3 N–H and O–H groups in total. The van der Waals surface area contributed by atoms with Crippen LogP contribution in [0.3, 0.4) is 0 Å². The van der Waals surface area contributed by atoms with Crippen LogP contribution in [-0.2, 0) is 4.74 Å². The summed E-state index contributed by atoms with van der Waals surface area (Å²) in [7, 11) is 0. The van der Waals surface area contributed by atoms with Gasteiger partial charge in [0.15, 0.2) is 0 Å². The maximum Gasteiger partial charge on any atom is 0.407 e. The third kappa shape index (κ3) is 7.27. The van der Waals surface area contributed by atoms with Crippen molar-refractivity contribution in [3.8, 4) is 0 Å². The molecule has 112 valence electrons. The highest BCUT2D eigenvalue weighted by Gasteiger charge is 2.31. The minimum atomic E-state index is -2.99. The van der Waals surface area contributed by atoms with Gasteiger partial charge in [0.25, 0.3) is 5.92 Å². The number of carbonyl (C=O) groups is 1. The molecule has 0 aromatic rings. The van der Waals surface area contributed by atoms with Gasteiger partial charge in [-0.25, -0.2) is 13.6 Å². The zero-order valence-electron chi connectivity index (χ0n) is 11.7. The van der Waals surface area contributed by atoms with E-state index >= 15 is 0 Å². The molecule has 7 heteroatoms. The largest absolute Gasteiger partial charge is 0.444 e. The molecule has 5 nitrogen and oxygen atoms in total. The molecule has 1 aliphatic rings. The quantitative estimate of drug-likeness (QED) is 0.705. The number of rotatable bonds is 5. The normalized spacial score (nSPS) is 20.4. The van der Waals surface area contributed by atoms with E-state index in [1.165, 1.54) is 0 Å². The van der Waals surface area contributed by atoms with Crippen LogP contribution in [0.4, 0.5) is 13.6 Å². The van der Waals surface area contributed by atoms with Crippen molar-refractivity contribution in [2.75, 3.05) is 26.2 Å². The Balaban J connectivity index is 2.23. The molecule has 1 unspecified atom stereocenters. The van der Waals surface area contributed by atoms with Crippen LogP contribution in [0.5, 0.6) is 0 Å². The summed E-state index contributed by atoms with van der Waals surface area (Å²) < 4.78 is 31.9. The fraction of sp³-hybridized carbons (Fsp3) is 0.917. The van der Waals surface area contributed by atoms with Gasteiger partial charge in [0.05, 0.1) is 13.1 Å². The molecular weight excluding hydrogens is 256 g/mol. The number of carbonyl (C=O) groups excluding carboxylic acids is 1. The van der Waals surface area contributed by atoms with E-state index in [0.717, 1.165) is 13.0 Å². The molecule has 1 heterocycles. The number of amides is 1. The summed E-state index contributed by atoms with van der Waals surface area (Å²) in [5.74, 6) is -2.99. The highest BCUT2D eigenvalue weighted by molar-refractivity contribution is 5.67. The lowest BCUT2D eigenvalue weighted by molar-refractivity contribution is -0.00515. The Morgan fingerprint density at radius 3 is 2.58 bits per heavy atom. The molecule has 0 aromatic heterocycles. The lowest BCUT2D eigenvalue weighted by atomic mass is 10.2. The zero-order chi connectivity index (χ0) is 14.5. The standard InChI is InChI=1S/C12H23F2N3O2/c1-11(2,3)19-10(18)17-8-12(13,14)7-16-9-4-5-15-6-9/h9,15-16H,4-8H2,1-3H3,(H,17,18). The average molecular weight is 279 g/mol. The molecule has 0 saturated carbocycles. The molecule has 1 atom stereocenters. The lowest BCUT2D eigenvalue weighted by Gasteiger charge is -2.23. The zero-order valence-corrected chi connectivity index (χ0v) is 11.7. The van der Waals surface area contributed by atoms with Gasteiger partial charge in [-0.2, -0.15) is 0 Å². The first kappa shape index (κ1) is 16.1. The van der Waals surface area contributed by atoms with Crippen molar-refractivity contribution in [3.05, 3.63) is 0 Å². The SMILES string of the molecule is CC(C)(C)OC(=O)NCC(F)(F)CNC1CCNC1. The van der Waals surface area contributed by atoms with Crippen LogP contribution in [0.25, 0.3) is 0 Å². The average Bonchev–Trinajstić information content (AvgIpc) is 2.74. The Bertz CT molecular complexity index is 300. The van der Waals surface area contributed by atoms with E-state index in [4.69, 9.17) is 4.74 Å².